The summed E-state index contributed by atoms with van der Waals surface area (Å²) in [6, 6.07) is 3.89. The molecule has 4 rings (SSSR count). The van der Waals surface area contributed by atoms with Gasteiger partial charge in [0, 0.05) is 12.1 Å². The molecule has 2 aliphatic rings. The molecule has 1 aromatic carbocycles. The molecule has 6 heteroatoms. The molecule has 6 nitrogen and oxygen atoms in total. The summed E-state index contributed by atoms with van der Waals surface area (Å²) in [5.41, 5.74) is 4.37. The Morgan fingerprint density at radius 2 is 2.04 bits per heavy atom. The zero-order chi connectivity index (χ0) is 16.7. The maximum atomic E-state index is 13.3. The average Bonchev–Trinajstić information content (AvgIpc) is 3.24. The number of fused-ring (bicyclic) bond motifs is 1. The van der Waals surface area contributed by atoms with Crippen LogP contribution in [0.2, 0.25) is 0 Å². The van der Waals surface area contributed by atoms with Crippen LogP contribution >= 0.6 is 0 Å². The lowest BCUT2D eigenvalue weighted by Gasteiger charge is -2.34. The highest BCUT2D eigenvalue weighted by Gasteiger charge is 2.32. The first-order valence-corrected chi connectivity index (χ1v) is 8.72. The number of aromatic nitrogens is 3. The number of hydrogen-bond acceptors (Lipinski definition) is 3. The number of hydrogen-bond donors (Lipinski definition) is 2. The van der Waals surface area contributed by atoms with Gasteiger partial charge in [0.2, 0.25) is 0 Å². The Kier molecular flexibility index (Phi) is 3.75. The van der Waals surface area contributed by atoms with Crippen molar-refractivity contribution in [2.75, 3.05) is 6.54 Å². The predicted molar refractivity (Wildman–Crippen MR) is 90.0 cm³/mol. The molecule has 0 radical (unpaired) electrons. The van der Waals surface area contributed by atoms with E-state index in [-0.39, 0.29) is 17.6 Å². The highest BCUT2D eigenvalue weighted by atomic mass is 16.2. The van der Waals surface area contributed by atoms with Gasteiger partial charge in [-0.15, -0.1) is 0 Å². The third-order valence-electron chi connectivity index (χ3n) is 5.35. The number of piperidine rings is 1. The number of H-pyrrole nitrogens is 2. The number of rotatable bonds is 2. The zero-order valence-electron chi connectivity index (χ0n) is 13.9. The fraction of sp³-hybridized carbons (Fsp3) is 0.500. The Balaban J connectivity index is 1.70. The maximum Gasteiger partial charge on any atom is 0.340 e. The Labute approximate surface area is 140 Å². The van der Waals surface area contributed by atoms with Crippen LogP contribution in [-0.4, -0.2) is 32.5 Å². The Morgan fingerprint density at radius 3 is 2.83 bits per heavy atom. The van der Waals surface area contributed by atoms with Crippen LogP contribution in [0.25, 0.3) is 0 Å². The molecule has 2 aromatic rings. The number of nitrogens with one attached hydrogen (secondary N) is 2. The number of carbonyl (C=O) groups excluding carboxylic acids is 1. The summed E-state index contributed by atoms with van der Waals surface area (Å²) < 4.78 is 0. The summed E-state index contributed by atoms with van der Waals surface area (Å²) >= 11 is 0. The Bertz CT molecular complexity index is 836. The van der Waals surface area contributed by atoms with E-state index < -0.39 is 0 Å². The molecule has 126 valence electrons. The SMILES string of the molecule is Cc1ccc(C(=O)N2CCCCC2c2n[nH]c(=O)[nH]2)c2c1CCC2. The van der Waals surface area contributed by atoms with E-state index >= 15 is 0 Å². The molecule has 0 bridgehead atoms. The number of likely N-dealkylation sites (tertiary alicyclic amines) is 1. The lowest BCUT2D eigenvalue weighted by molar-refractivity contribution is 0.0599. The molecule has 1 amide bonds. The van der Waals surface area contributed by atoms with Gasteiger partial charge in [-0.2, -0.15) is 5.10 Å². The molecule has 1 aliphatic heterocycles. The molecule has 2 heterocycles. The van der Waals surface area contributed by atoms with E-state index in [1.807, 2.05) is 11.0 Å². The molecule has 1 saturated heterocycles. The number of aromatic amines is 2. The van der Waals surface area contributed by atoms with Gasteiger partial charge in [-0.25, -0.2) is 9.89 Å². The van der Waals surface area contributed by atoms with Crippen molar-refractivity contribution in [3.8, 4) is 0 Å². The third kappa shape index (κ3) is 2.46. The van der Waals surface area contributed by atoms with Crippen molar-refractivity contribution < 1.29 is 4.79 Å². The average molecular weight is 326 g/mol. The number of nitrogens with zero attached hydrogens (tertiary/aromatic N) is 2. The van der Waals surface area contributed by atoms with Gasteiger partial charge in [-0.1, -0.05) is 6.07 Å². The molecular weight excluding hydrogens is 304 g/mol. The predicted octanol–water partition coefficient (Wildman–Crippen LogP) is 2.26. The van der Waals surface area contributed by atoms with Gasteiger partial charge in [-0.3, -0.25) is 9.78 Å². The van der Waals surface area contributed by atoms with Crippen LogP contribution < -0.4 is 5.69 Å². The first-order chi connectivity index (χ1) is 11.6. The lowest BCUT2D eigenvalue weighted by Crippen LogP contribution is -2.39. The standard InChI is InChI=1S/C18H22N4O2/c1-11-8-9-14(13-6-4-5-12(11)13)17(23)22-10-3-2-7-15(22)16-19-18(24)21-20-16/h8-9,15H,2-7,10H2,1H3,(H2,19,20,21,24). The summed E-state index contributed by atoms with van der Waals surface area (Å²) in [6.07, 6.45) is 6.03. The van der Waals surface area contributed by atoms with E-state index in [9.17, 15) is 9.59 Å². The van der Waals surface area contributed by atoms with Gasteiger partial charge in [0.25, 0.3) is 5.91 Å². The number of amides is 1. The highest BCUT2D eigenvalue weighted by Crippen LogP contribution is 2.33. The van der Waals surface area contributed by atoms with Crippen LogP contribution in [0.1, 0.15) is 64.6 Å². The molecular formula is C18H22N4O2. The molecule has 1 atom stereocenters. The van der Waals surface area contributed by atoms with Crippen LogP contribution in [0.4, 0.5) is 0 Å². The second-order valence-electron chi connectivity index (χ2n) is 6.81. The van der Waals surface area contributed by atoms with Crippen LogP contribution in [-0.2, 0) is 12.8 Å². The summed E-state index contributed by atoms with van der Waals surface area (Å²) in [5.74, 6) is 0.638. The van der Waals surface area contributed by atoms with Crippen molar-refractivity contribution in [3.05, 3.63) is 50.7 Å². The van der Waals surface area contributed by atoms with Crippen LogP contribution in [0, 0.1) is 6.92 Å². The Morgan fingerprint density at radius 1 is 1.21 bits per heavy atom. The summed E-state index contributed by atoms with van der Waals surface area (Å²) in [6.45, 7) is 2.83. The second kappa shape index (κ2) is 5.92. The van der Waals surface area contributed by atoms with Gasteiger partial charge in [-0.05, 0) is 68.2 Å². The van der Waals surface area contributed by atoms with Crippen molar-refractivity contribution >= 4 is 5.91 Å². The lowest BCUT2D eigenvalue weighted by atomic mass is 9.95. The van der Waals surface area contributed by atoms with E-state index in [1.165, 1.54) is 16.7 Å². The highest BCUT2D eigenvalue weighted by molar-refractivity contribution is 5.96. The molecule has 1 aliphatic carbocycles. The molecule has 1 aromatic heterocycles. The van der Waals surface area contributed by atoms with Gasteiger partial charge in [0.1, 0.15) is 0 Å². The normalized spacial score (nSPS) is 20.2. The van der Waals surface area contributed by atoms with Crippen LogP contribution in [0.15, 0.2) is 16.9 Å². The van der Waals surface area contributed by atoms with E-state index in [4.69, 9.17) is 0 Å². The molecule has 1 fully saturated rings. The molecule has 2 N–H and O–H groups in total. The first kappa shape index (κ1) is 15.2. The minimum atomic E-state index is -0.320. The Hall–Kier alpha value is -2.37. The van der Waals surface area contributed by atoms with Gasteiger partial charge < -0.3 is 4.90 Å². The fourth-order valence-corrected chi connectivity index (χ4v) is 4.14. The van der Waals surface area contributed by atoms with Crippen LogP contribution in [0.3, 0.4) is 0 Å². The first-order valence-electron chi connectivity index (χ1n) is 8.72. The third-order valence-corrected chi connectivity index (χ3v) is 5.35. The number of carbonyl (C=O) groups is 1. The minimum Gasteiger partial charge on any atom is -0.328 e. The maximum absolute atomic E-state index is 13.3. The van der Waals surface area contributed by atoms with Crippen molar-refractivity contribution in [2.45, 2.75) is 51.5 Å². The summed E-state index contributed by atoms with van der Waals surface area (Å²) in [4.78, 5) is 29.3. The minimum absolute atomic E-state index is 0.0710. The quantitative estimate of drug-likeness (QED) is 0.888. The largest absolute Gasteiger partial charge is 0.340 e. The van der Waals surface area contributed by atoms with Gasteiger partial charge in [0.15, 0.2) is 5.82 Å². The van der Waals surface area contributed by atoms with E-state index in [0.29, 0.717) is 12.4 Å². The second-order valence-corrected chi connectivity index (χ2v) is 6.81. The molecule has 0 spiro atoms. The van der Waals surface area contributed by atoms with Crippen LogP contribution in [0.5, 0.6) is 0 Å². The van der Waals surface area contributed by atoms with Gasteiger partial charge in [0.05, 0.1) is 6.04 Å². The van der Waals surface area contributed by atoms with E-state index in [0.717, 1.165) is 44.1 Å². The number of aryl methyl sites for hydroxylation is 1. The topological polar surface area (TPSA) is 81.8 Å². The van der Waals surface area contributed by atoms with Crippen molar-refractivity contribution in [1.29, 1.82) is 0 Å². The smallest absolute Gasteiger partial charge is 0.328 e. The summed E-state index contributed by atoms with van der Waals surface area (Å²) in [5, 5.41) is 6.48. The zero-order valence-corrected chi connectivity index (χ0v) is 13.9. The van der Waals surface area contributed by atoms with Crippen molar-refractivity contribution in [3.63, 3.8) is 0 Å². The number of benzene rings is 1. The fourth-order valence-electron chi connectivity index (χ4n) is 4.14. The van der Waals surface area contributed by atoms with Crippen molar-refractivity contribution in [2.24, 2.45) is 0 Å². The van der Waals surface area contributed by atoms with Crippen molar-refractivity contribution in [1.82, 2.24) is 20.1 Å². The molecule has 24 heavy (non-hydrogen) atoms. The monoisotopic (exact) mass is 326 g/mol. The molecule has 0 saturated carbocycles. The van der Waals surface area contributed by atoms with Gasteiger partial charge >= 0.3 is 5.69 Å². The van der Waals surface area contributed by atoms with E-state index in [2.05, 4.69) is 28.2 Å². The van der Waals surface area contributed by atoms with E-state index in [1.54, 1.807) is 0 Å². The summed E-state index contributed by atoms with van der Waals surface area (Å²) in [7, 11) is 0. The molecule has 1 unspecified atom stereocenters.